The van der Waals surface area contributed by atoms with E-state index in [2.05, 4.69) is 10.3 Å². The minimum Gasteiger partial charge on any atom is -0.477 e. The van der Waals surface area contributed by atoms with Gasteiger partial charge in [0.25, 0.3) is 5.69 Å². The zero-order valence-corrected chi connectivity index (χ0v) is 12.8. The number of aromatic nitrogens is 2. The number of hydrogen-bond donors (Lipinski definition) is 2. The van der Waals surface area contributed by atoms with Gasteiger partial charge >= 0.3 is 5.97 Å². The molecule has 0 aliphatic carbocycles. The van der Waals surface area contributed by atoms with Crippen LogP contribution in [0.15, 0.2) is 60.3 Å². The Labute approximate surface area is 141 Å². The number of carboxylic acid groups (broad SMARTS) is 1. The molecule has 1 aromatic heterocycles. The Hall–Kier alpha value is -3.68. The highest BCUT2D eigenvalue weighted by Crippen LogP contribution is 2.34. The van der Waals surface area contributed by atoms with Crippen LogP contribution in [-0.2, 0) is 4.79 Å². The number of nitrogens with zero attached hydrogens (tertiary/aromatic N) is 3. The quantitative estimate of drug-likeness (QED) is 0.562. The highest BCUT2D eigenvalue weighted by Gasteiger charge is 2.27. The van der Waals surface area contributed by atoms with Crippen LogP contribution >= 0.6 is 0 Å². The number of carboxylic acids is 1. The molecule has 0 fully saturated rings. The van der Waals surface area contributed by atoms with Crippen LogP contribution in [0.25, 0.3) is 11.0 Å². The summed E-state index contributed by atoms with van der Waals surface area (Å²) in [6.07, 6.45) is 1.57. The average molecular weight is 336 g/mol. The fourth-order valence-electron chi connectivity index (χ4n) is 2.97. The minimum atomic E-state index is -1.09. The largest absolute Gasteiger partial charge is 0.477 e. The van der Waals surface area contributed by atoms with Crippen LogP contribution < -0.4 is 5.32 Å². The third-order valence-electron chi connectivity index (χ3n) is 4.12. The van der Waals surface area contributed by atoms with Gasteiger partial charge in [-0.1, -0.05) is 12.1 Å². The van der Waals surface area contributed by atoms with Gasteiger partial charge in [-0.3, -0.25) is 14.7 Å². The molecule has 0 radical (unpaired) electrons. The number of nitro benzene ring substituents is 1. The lowest BCUT2D eigenvalue weighted by atomic mass is 10.0. The summed E-state index contributed by atoms with van der Waals surface area (Å²) in [5.41, 5.74) is 2.31. The van der Waals surface area contributed by atoms with Crippen molar-refractivity contribution in [3.05, 3.63) is 76.0 Å². The standard InChI is InChI=1S/C17H12N4O4/c22-16(23)13-9-15(10-5-7-11(8-6-10)21(24)25)20-14-4-2-1-3-12(14)18-17(20)19-13/h1-9,15H,(H,18,19)(H,22,23)/t15-/m1/s1. The zero-order valence-electron chi connectivity index (χ0n) is 12.8. The van der Waals surface area contributed by atoms with Crippen molar-refractivity contribution in [1.82, 2.24) is 9.55 Å². The average Bonchev–Trinajstić information content (AvgIpc) is 2.99. The zero-order chi connectivity index (χ0) is 17.6. The second-order valence-corrected chi connectivity index (χ2v) is 5.60. The first-order valence-corrected chi connectivity index (χ1v) is 7.48. The number of anilines is 1. The van der Waals surface area contributed by atoms with Crippen LogP contribution in [0.3, 0.4) is 0 Å². The van der Waals surface area contributed by atoms with Crippen molar-refractivity contribution < 1.29 is 14.8 Å². The molecule has 124 valence electrons. The van der Waals surface area contributed by atoms with Gasteiger partial charge in [-0.05, 0) is 35.9 Å². The molecule has 0 saturated heterocycles. The van der Waals surface area contributed by atoms with E-state index >= 15 is 0 Å². The number of nitro groups is 1. The topological polar surface area (TPSA) is 110 Å². The van der Waals surface area contributed by atoms with Gasteiger partial charge in [0.1, 0.15) is 5.70 Å². The molecule has 2 aromatic carbocycles. The number of carbonyl (C=O) groups is 1. The van der Waals surface area contributed by atoms with Gasteiger partial charge in [0.15, 0.2) is 0 Å². The molecule has 0 bridgehead atoms. The third kappa shape index (κ3) is 2.40. The van der Waals surface area contributed by atoms with Crippen LogP contribution in [0.5, 0.6) is 0 Å². The Balaban J connectivity index is 1.90. The van der Waals surface area contributed by atoms with E-state index in [0.717, 1.165) is 16.6 Å². The molecule has 0 saturated carbocycles. The fourth-order valence-corrected chi connectivity index (χ4v) is 2.97. The van der Waals surface area contributed by atoms with Crippen molar-refractivity contribution in [2.75, 3.05) is 5.32 Å². The number of nitrogens with one attached hydrogen (secondary N) is 1. The summed E-state index contributed by atoms with van der Waals surface area (Å²) in [5.74, 6) is -0.672. The highest BCUT2D eigenvalue weighted by molar-refractivity contribution is 5.92. The molecule has 4 rings (SSSR count). The number of benzene rings is 2. The SMILES string of the molecule is O=C(O)C1=C[C@H](c2ccc([N+](=O)[O-])cc2)n2c(nc3ccccc32)N1. The normalized spacial score (nSPS) is 16.0. The molecule has 25 heavy (non-hydrogen) atoms. The second-order valence-electron chi connectivity index (χ2n) is 5.60. The Morgan fingerprint density at radius 2 is 1.92 bits per heavy atom. The first kappa shape index (κ1) is 14.9. The Morgan fingerprint density at radius 3 is 2.60 bits per heavy atom. The smallest absolute Gasteiger partial charge is 0.352 e. The molecule has 8 heteroatoms. The number of aliphatic carboxylic acids is 1. The maximum absolute atomic E-state index is 11.4. The number of hydrogen-bond acceptors (Lipinski definition) is 5. The molecular formula is C17H12N4O4. The first-order chi connectivity index (χ1) is 12.0. The van der Waals surface area contributed by atoms with E-state index in [0.29, 0.717) is 5.95 Å². The van der Waals surface area contributed by atoms with Crippen molar-refractivity contribution in [2.24, 2.45) is 0 Å². The Morgan fingerprint density at radius 1 is 1.20 bits per heavy atom. The first-order valence-electron chi connectivity index (χ1n) is 7.48. The van der Waals surface area contributed by atoms with E-state index in [-0.39, 0.29) is 11.4 Å². The highest BCUT2D eigenvalue weighted by atomic mass is 16.6. The summed E-state index contributed by atoms with van der Waals surface area (Å²) < 4.78 is 1.88. The van der Waals surface area contributed by atoms with Crippen molar-refractivity contribution in [3.8, 4) is 0 Å². The van der Waals surface area contributed by atoms with Gasteiger partial charge in [-0.2, -0.15) is 0 Å². The number of non-ortho nitro benzene ring substituents is 1. The molecule has 8 nitrogen and oxygen atoms in total. The lowest BCUT2D eigenvalue weighted by Gasteiger charge is -2.24. The van der Waals surface area contributed by atoms with E-state index in [1.165, 1.54) is 12.1 Å². The maximum Gasteiger partial charge on any atom is 0.352 e. The van der Waals surface area contributed by atoms with Crippen molar-refractivity contribution in [1.29, 1.82) is 0 Å². The number of allylic oxidation sites excluding steroid dienone is 1. The molecule has 1 aliphatic rings. The molecule has 3 aromatic rings. The lowest BCUT2D eigenvalue weighted by Crippen LogP contribution is -2.23. The summed E-state index contributed by atoms with van der Waals surface area (Å²) in [6, 6.07) is 13.1. The number of fused-ring (bicyclic) bond motifs is 3. The summed E-state index contributed by atoms with van der Waals surface area (Å²) in [7, 11) is 0. The van der Waals surface area contributed by atoms with Crippen molar-refractivity contribution in [2.45, 2.75) is 6.04 Å². The van der Waals surface area contributed by atoms with Crippen LogP contribution in [0, 0.1) is 10.1 Å². The van der Waals surface area contributed by atoms with Crippen LogP contribution in [0.2, 0.25) is 0 Å². The lowest BCUT2D eigenvalue weighted by molar-refractivity contribution is -0.384. The molecule has 0 unspecified atom stereocenters. The molecule has 2 heterocycles. The number of rotatable bonds is 3. The summed E-state index contributed by atoms with van der Waals surface area (Å²) in [6.45, 7) is 0. The van der Waals surface area contributed by atoms with E-state index in [1.807, 2.05) is 28.8 Å². The maximum atomic E-state index is 11.4. The van der Waals surface area contributed by atoms with Gasteiger partial charge in [0, 0.05) is 12.1 Å². The second kappa shape index (κ2) is 5.45. The molecule has 1 atom stereocenters. The number of para-hydroxylation sites is 2. The van der Waals surface area contributed by atoms with E-state index in [4.69, 9.17) is 0 Å². The Kier molecular flexibility index (Phi) is 3.24. The summed E-state index contributed by atoms with van der Waals surface area (Å²) in [4.78, 5) is 26.3. The van der Waals surface area contributed by atoms with Gasteiger partial charge in [0.05, 0.1) is 22.0 Å². The fraction of sp³-hybridized carbons (Fsp3) is 0.0588. The van der Waals surface area contributed by atoms with Crippen LogP contribution in [0.4, 0.5) is 11.6 Å². The predicted octanol–water partition coefficient (Wildman–Crippen LogP) is 2.93. The van der Waals surface area contributed by atoms with Crippen LogP contribution in [0.1, 0.15) is 11.6 Å². The van der Waals surface area contributed by atoms with Gasteiger partial charge in [0.2, 0.25) is 5.95 Å². The number of imidazole rings is 1. The minimum absolute atomic E-state index is 0.0177. The van der Waals surface area contributed by atoms with Gasteiger partial charge in [-0.25, -0.2) is 9.78 Å². The molecule has 0 spiro atoms. The van der Waals surface area contributed by atoms with Gasteiger partial charge in [-0.15, -0.1) is 0 Å². The monoisotopic (exact) mass is 336 g/mol. The van der Waals surface area contributed by atoms with Crippen molar-refractivity contribution >= 4 is 28.6 Å². The van der Waals surface area contributed by atoms with E-state index in [1.54, 1.807) is 18.2 Å². The third-order valence-corrected chi connectivity index (χ3v) is 4.12. The Bertz CT molecular complexity index is 1040. The molecular weight excluding hydrogens is 324 g/mol. The predicted molar refractivity (Wildman–Crippen MR) is 90.3 cm³/mol. The van der Waals surface area contributed by atoms with Crippen molar-refractivity contribution in [3.63, 3.8) is 0 Å². The molecule has 1 aliphatic heterocycles. The van der Waals surface area contributed by atoms with Crippen LogP contribution in [-0.4, -0.2) is 25.6 Å². The van der Waals surface area contributed by atoms with E-state index in [9.17, 15) is 20.0 Å². The summed E-state index contributed by atoms with van der Waals surface area (Å²) >= 11 is 0. The van der Waals surface area contributed by atoms with E-state index < -0.39 is 16.9 Å². The summed E-state index contributed by atoms with van der Waals surface area (Å²) in [5, 5.41) is 23.0. The molecule has 0 amide bonds. The molecule has 2 N–H and O–H groups in total. The van der Waals surface area contributed by atoms with Gasteiger partial charge < -0.3 is 10.4 Å².